The zero-order valence-corrected chi connectivity index (χ0v) is 15.5. The number of hydrogen-bond donors (Lipinski definition) is 1. The molecule has 1 aromatic carbocycles. The molecule has 9 heteroatoms. The summed E-state index contributed by atoms with van der Waals surface area (Å²) in [4.78, 5) is 13.0. The van der Waals surface area contributed by atoms with Gasteiger partial charge in [-0.1, -0.05) is 29.8 Å². The third kappa shape index (κ3) is 4.80. The third-order valence-electron chi connectivity index (χ3n) is 3.03. The second kappa shape index (κ2) is 7.78. The molecule has 128 valence electrons. The average Bonchev–Trinajstić information content (AvgIpc) is 3.04. The van der Waals surface area contributed by atoms with Gasteiger partial charge in [-0.2, -0.15) is 5.10 Å². The van der Waals surface area contributed by atoms with Crippen molar-refractivity contribution < 1.29 is 13.2 Å². The van der Waals surface area contributed by atoms with Crippen molar-refractivity contribution in [2.75, 3.05) is 17.1 Å². The summed E-state index contributed by atoms with van der Waals surface area (Å²) in [7, 11) is -3.68. The largest absolute Gasteiger partial charge is 0.271 e. The molecule has 24 heavy (non-hydrogen) atoms. The Labute approximate surface area is 149 Å². The van der Waals surface area contributed by atoms with Crippen molar-refractivity contribution in [2.45, 2.75) is 6.92 Å². The van der Waals surface area contributed by atoms with Gasteiger partial charge in [0, 0.05) is 4.88 Å². The van der Waals surface area contributed by atoms with E-state index in [1.54, 1.807) is 25.1 Å². The van der Waals surface area contributed by atoms with E-state index in [9.17, 15) is 13.2 Å². The minimum absolute atomic E-state index is 0.244. The molecule has 2 rings (SSSR count). The van der Waals surface area contributed by atoms with Gasteiger partial charge in [0.25, 0.3) is 5.91 Å². The number of carbonyl (C=O) groups is 1. The highest BCUT2D eigenvalue weighted by molar-refractivity contribution is 7.92. The van der Waals surface area contributed by atoms with Crippen molar-refractivity contribution in [3.63, 3.8) is 0 Å². The number of halogens is 1. The number of anilines is 1. The van der Waals surface area contributed by atoms with E-state index in [0.717, 1.165) is 15.4 Å². The lowest BCUT2D eigenvalue weighted by molar-refractivity contribution is -0.119. The van der Waals surface area contributed by atoms with Crippen LogP contribution in [0.1, 0.15) is 11.8 Å². The van der Waals surface area contributed by atoms with E-state index >= 15 is 0 Å². The van der Waals surface area contributed by atoms with Crippen LogP contribution in [0.3, 0.4) is 0 Å². The van der Waals surface area contributed by atoms with Gasteiger partial charge in [0.2, 0.25) is 10.0 Å². The second-order valence-corrected chi connectivity index (χ2v) is 8.19. The summed E-state index contributed by atoms with van der Waals surface area (Å²) in [6, 6.07) is 10.2. The highest BCUT2D eigenvalue weighted by atomic mass is 35.5. The first-order valence-corrected chi connectivity index (χ1v) is 9.99. The number of nitrogens with zero attached hydrogens (tertiary/aromatic N) is 2. The summed E-state index contributed by atoms with van der Waals surface area (Å²) in [6.07, 6.45) is 1.02. The number of hydrogen-bond acceptors (Lipinski definition) is 5. The molecule has 0 bridgehead atoms. The van der Waals surface area contributed by atoms with Crippen LogP contribution in [0.4, 0.5) is 5.69 Å². The maximum absolute atomic E-state index is 12.1. The molecule has 0 aliphatic carbocycles. The Kier molecular flexibility index (Phi) is 5.98. The van der Waals surface area contributed by atoms with Crippen LogP contribution < -0.4 is 9.73 Å². The Hall–Kier alpha value is -1.90. The van der Waals surface area contributed by atoms with Crippen LogP contribution in [0.2, 0.25) is 5.02 Å². The van der Waals surface area contributed by atoms with Gasteiger partial charge >= 0.3 is 0 Å². The van der Waals surface area contributed by atoms with Gasteiger partial charge in [-0.3, -0.25) is 9.10 Å². The fraction of sp³-hybridized carbons (Fsp3) is 0.200. The van der Waals surface area contributed by atoms with Crippen LogP contribution in [-0.2, 0) is 14.8 Å². The fourth-order valence-corrected chi connectivity index (χ4v) is 3.72. The molecular formula is C15H16ClN3O3S2. The lowest BCUT2D eigenvalue weighted by Crippen LogP contribution is -2.39. The molecule has 1 aromatic heterocycles. The molecule has 0 fully saturated rings. The van der Waals surface area contributed by atoms with E-state index in [-0.39, 0.29) is 10.7 Å². The summed E-state index contributed by atoms with van der Waals surface area (Å²) in [5, 5.41) is 6.14. The van der Waals surface area contributed by atoms with Crippen LogP contribution in [-0.4, -0.2) is 32.8 Å². The maximum atomic E-state index is 12.1. The van der Waals surface area contributed by atoms with E-state index < -0.39 is 22.5 Å². The number of nitrogens with one attached hydrogen (secondary N) is 1. The van der Waals surface area contributed by atoms with Crippen LogP contribution >= 0.6 is 22.9 Å². The van der Waals surface area contributed by atoms with Gasteiger partial charge < -0.3 is 0 Å². The molecule has 0 aliphatic rings. The third-order valence-corrected chi connectivity index (χ3v) is 5.46. The molecule has 0 spiro atoms. The van der Waals surface area contributed by atoms with E-state index in [0.29, 0.717) is 5.71 Å². The predicted molar refractivity (Wildman–Crippen MR) is 98.3 cm³/mol. The minimum atomic E-state index is -3.68. The zero-order chi connectivity index (χ0) is 17.7. The van der Waals surface area contributed by atoms with Crippen molar-refractivity contribution in [1.82, 2.24) is 5.43 Å². The molecule has 0 saturated carbocycles. The topological polar surface area (TPSA) is 78.8 Å². The summed E-state index contributed by atoms with van der Waals surface area (Å²) in [6.45, 7) is 1.35. The lowest BCUT2D eigenvalue weighted by atomic mass is 10.3. The monoisotopic (exact) mass is 385 g/mol. The molecule has 6 nitrogen and oxygen atoms in total. The van der Waals surface area contributed by atoms with Crippen LogP contribution in [0.5, 0.6) is 0 Å². The summed E-state index contributed by atoms with van der Waals surface area (Å²) in [5.74, 6) is -0.559. The molecule has 0 unspecified atom stereocenters. The van der Waals surface area contributed by atoms with E-state index in [2.05, 4.69) is 10.5 Å². The highest BCUT2D eigenvalue weighted by Crippen LogP contribution is 2.26. The van der Waals surface area contributed by atoms with Gasteiger partial charge in [0.05, 0.1) is 22.7 Å². The number of carbonyl (C=O) groups excluding carboxylic acids is 1. The number of thiophene rings is 1. The predicted octanol–water partition coefficient (Wildman–Crippen LogP) is 2.71. The molecule has 1 amide bonds. The summed E-state index contributed by atoms with van der Waals surface area (Å²) >= 11 is 7.53. The maximum Gasteiger partial charge on any atom is 0.260 e. The number of rotatable bonds is 6. The van der Waals surface area contributed by atoms with Crippen LogP contribution in [0, 0.1) is 0 Å². The Morgan fingerprint density at radius 3 is 2.58 bits per heavy atom. The van der Waals surface area contributed by atoms with Gasteiger partial charge in [-0.15, -0.1) is 11.3 Å². The number of hydrazone groups is 1. The second-order valence-electron chi connectivity index (χ2n) is 4.93. The molecule has 0 atom stereocenters. The van der Waals surface area contributed by atoms with Gasteiger partial charge in [-0.05, 0) is 30.5 Å². The first-order valence-electron chi connectivity index (χ1n) is 6.88. The molecule has 0 radical (unpaired) electrons. The van der Waals surface area contributed by atoms with E-state index in [4.69, 9.17) is 11.6 Å². The Morgan fingerprint density at radius 2 is 2.00 bits per heavy atom. The first kappa shape index (κ1) is 18.4. The number of sulfonamides is 1. The lowest BCUT2D eigenvalue weighted by Gasteiger charge is -2.22. The Balaban J connectivity index is 2.15. The fourth-order valence-electron chi connectivity index (χ4n) is 1.89. The van der Waals surface area contributed by atoms with Gasteiger partial charge in [-0.25, -0.2) is 13.8 Å². The van der Waals surface area contributed by atoms with Crippen LogP contribution in [0.25, 0.3) is 0 Å². The standard InChI is InChI=1S/C15H16ClN3O3S2/c1-11(14-8-5-9-23-14)17-18-15(20)10-19(24(2,21)22)13-7-4-3-6-12(13)16/h3-9H,10H2,1-2H3,(H,18,20)/b17-11-. The summed E-state index contributed by atoms with van der Waals surface area (Å²) < 4.78 is 24.9. The first-order chi connectivity index (χ1) is 11.3. The Bertz CT molecular complexity index is 849. The zero-order valence-electron chi connectivity index (χ0n) is 13.1. The average molecular weight is 386 g/mol. The Morgan fingerprint density at radius 1 is 1.29 bits per heavy atom. The van der Waals surface area contributed by atoms with Crippen molar-refractivity contribution in [1.29, 1.82) is 0 Å². The SMILES string of the molecule is C/C(=N/NC(=O)CN(c1ccccc1Cl)S(C)(=O)=O)c1cccs1. The minimum Gasteiger partial charge on any atom is -0.271 e. The van der Waals surface area contributed by atoms with E-state index in [1.165, 1.54) is 17.4 Å². The van der Waals surface area contributed by atoms with Gasteiger partial charge in [0.15, 0.2) is 0 Å². The smallest absolute Gasteiger partial charge is 0.260 e. The number of para-hydroxylation sites is 1. The van der Waals surface area contributed by atoms with Crippen LogP contribution in [0.15, 0.2) is 46.9 Å². The van der Waals surface area contributed by atoms with Crippen molar-refractivity contribution in [3.05, 3.63) is 51.7 Å². The molecule has 0 saturated heterocycles. The van der Waals surface area contributed by atoms with Gasteiger partial charge in [0.1, 0.15) is 6.54 Å². The molecule has 1 N–H and O–H groups in total. The van der Waals surface area contributed by atoms with Crippen molar-refractivity contribution >= 4 is 50.3 Å². The van der Waals surface area contributed by atoms with Crippen molar-refractivity contribution in [2.24, 2.45) is 5.10 Å². The quantitative estimate of drug-likeness (QED) is 0.613. The molecular weight excluding hydrogens is 370 g/mol. The van der Waals surface area contributed by atoms with E-state index in [1.807, 2.05) is 17.5 Å². The summed E-state index contributed by atoms with van der Waals surface area (Å²) in [5.41, 5.74) is 3.26. The van der Waals surface area contributed by atoms with Crippen molar-refractivity contribution in [3.8, 4) is 0 Å². The molecule has 0 aliphatic heterocycles. The highest BCUT2D eigenvalue weighted by Gasteiger charge is 2.22. The number of benzene rings is 1. The normalized spacial score (nSPS) is 12.0. The molecule has 2 aromatic rings. The number of amides is 1. The molecule has 1 heterocycles.